The summed E-state index contributed by atoms with van der Waals surface area (Å²) in [4.78, 5) is 34.5. The molecule has 1 aliphatic carbocycles. The van der Waals surface area contributed by atoms with Crippen LogP contribution in [0.25, 0.3) is 0 Å². The molecule has 0 saturated carbocycles. The van der Waals surface area contributed by atoms with Crippen molar-refractivity contribution in [3.05, 3.63) is 35.5 Å². The largest absolute Gasteiger partial charge is 0.461 e. The van der Waals surface area contributed by atoms with Gasteiger partial charge in [-0.2, -0.15) is 0 Å². The van der Waals surface area contributed by atoms with Gasteiger partial charge in [0, 0.05) is 25.3 Å². The first-order chi connectivity index (χ1) is 11.8. The van der Waals surface area contributed by atoms with Crippen molar-refractivity contribution in [2.24, 2.45) is 5.92 Å². The summed E-state index contributed by atoms with van der Waals surface area (Å²) in [6, 6.07) is 0. The van der Waals surface area contributed by atoms with Crippen molar-refractivity contribution >= 4 is 17.9 Å². The van der Waals surface area contributed by atoms with Gasteiger partial charge in [-0.25, -0.2) is 4.79 Å². The Morgan fingerprint density at radius 2 is 2.04 bits per heavy atom. The average molecular weight is 348 g/mol. The minimum atomic E-state index is -0.491. The predicted octanol–water partition coefficient (Wildman–Crippen LogP) is 2.64. The molecule has 25 heavy (non-hydrogen) atoms. The Bertz CT molecular complexity index is 642. The molecule has 0 aromatic carbocycles. The fourth-order valence-corrected chi connectivity index (χ4v) is 3.06. The van der Waals surface area contributed by atoms with E-state index in [0.717, 1.165) is 11.1 Å². The van der Waals surface area contributed by atoms with E-state index in [1.165, 1.54) is 13.8 Å². The maximum absolute atomic E-state index is 12.0. The van der Waals surface area contributed by atoms with Crippen LogP contribution >= 0.6 is 0 Å². The van der Waals surface area contributed by atoms with E-state index in [-0.39, 0.29) is 24.5 Å². The lowest BCUT2D eigenvalue weighted by Gasteiger charge is -2.25. The molecule has 3 unspecified atom stereocenters. The Labute approximate surface area is 147 Å². The predicted molar refractivity (Wildman–Crippen MR) is 90.4 cm³/mol. The molecule has 136 valence electrons. The van der Waals surface area contributed by atoms with E-state index in [1.54, 1.807) is 0 Å². The lowest BCUT2D eigenvalue weighted by molar-refractivity contribution is -0.145. The van der Waals surface area contributed by atoms with Crippen LogP contribution in [-0.4, -0.2) is 36.7 Å². The Hall–Kier alpha value is -2.37. The summed E-state index contributed by atoms with van der Waals surface area (Å²) >= 11 is 0. The summed E-state index contributed by atoms with van der Waals surface area (Å²) < 4.78 is 15.9. The number of carbonyl (C=O) groups is 3. The van der Waals surface area contributed by atoms with Crippen LogP contribution in [0, 0.1) is 5.92 Å². The van der Waals surface area contributed by atoms with E-state index in [2.05, 4.69) is 6.58 Å². The first kappa shape index (κ1) is 19.0. The van der Waals surface area contributed by atoms with E-state index in [9.17, 15) is 14.4 Å². The molecule has 0 aromatic rings. The van der Waals surface area contributed by atoms with E-state index in [0.29, 0.717) is 24.8 Å². The third-order valence-corrected chi connectivity index (χ3v) is 4.43. The van der Waals surface area contributed by atoms with Crippen molar-refractivity contribution in [3.8, 4) is 0 Å². The molecule has 1 heterocycles. The number of carbonyl (C=O) groups excluding carboxylic acids is 3. The van der Waals surface area contributed by atoms with Crippen molar-refractivity contribution in [1.29, 1.82) is 0 Å². The first-order valence-corrected chi connectivity index (χ1v) is 8.34. The summed E-state index contributed by atoms with van der Waals surface area (Å²) in [5.41, 5.74) is 2.19. The quantitative estimate of drug-likeness (QED) is 0.338. The van der Waals surface area contributed by atoms with Crippen LogP contribution in [-0.2, 0) is 28.6 Å². The van der Waals surface area contributed by atoms with Gasteiger partial charge >= 0.3 is 17.9 Å². The zero-order valence-electron chi connectivity index (χ0n) is 14.9. The summed E-state index contributed by atoms with van der Waals surface area (Å²) in [6.07, 6.45) is 4.73. The molecule has 0 radical (unpaired) electrons. The number of esters is 3. The highest BCUT2D eigenvalue weighted by Crippen LogP contribution is 2.35. The molecule has 0 spiro atoms. The maximum Gasteiger partial charge on any atom is 0.334 e. The average Bonchev–Trinajstić information content (AvgIpc) is 2.78. The van der Waals surface area contributed by atoms with Gasteiger partial charge in [0.15, 0.2) is 0 Å². The van der Waals surface area contributed by atoms with Crippen LogP contribution in [0.4, 0.5) is 0 Å². The standard InChI is InChI=1S/C19H24O6/c1-11-6-5-7-15(10-23-13(3)20)8-18-16(12(2)19(22)25-18)9-17(11)24-14(4)21/h6,8,16-18H,2,5,7,9-10H2,1,3-4H3. The lowest BCUT2D eigenvalue weighted by Crippen LogP contribution is -2.26. The van der Waals surface area contributed by atoms with Gasteiger partial charge in [-0.15, -0.1) is 0 Å². The van der Waals surface area contributed by atoms with Gasteiger partial charge in [-0.05, 0) is 43.4 Å². The molecule has 2 aliphatic rings. The van der Waals surface area contributed by atoms with Crippen molar-refractivity contribution in [1.82, 2.24) is 0 Å². The second kappa shape index (κ2) is 8.14. The molecule has 1 fully saturated rings. The van der Waals surface area contributed by atoms with E-state index < -0.39 is 18.2 Å². The number of fused-ring (bicyclic) bond motifs is 1. The molecule has 6 nitrogen and oxygen atoms in total. The molecule has 3 atom stereocenters. The normalized spacial score (nSPS) is 26.8. The molecule has 0 bridgehead atoms. The third kappa shape index (κ3) is 5.05. The van der Waals surface area contributed by atoms with Crippen molar-refractivity contribution < 1.29 is 28.6 Å². The molecule has 1 aliphatic heterocycles. The number of hydrogen-bond acceptors (Lipinski definition) is 6. The Kier molecular flexibility index (Phi) is 6.17. The van der Waals surface area contributed by atoms with Crippen LogP contribution in [0.2, 0.25) is 0 Å². The Morgan fingerprint density at radius 1 is 1.32 bits per heavy atom. The second-order valence-electron chi connectivity index (χ2n) is 6.43. The van der Waals surface area contributed by atoms with Crippen LogP contribution in [0.5, 0.6) is 0 Å². The fraction of sp³-hybridized carbons (Fsp3) is 0.526. The second-order valence-corrected chi connectivity index (χ2v) is 6.43. The van der Waals surface area contributed by atoms with Gasteiger partial charge < -0.3 is 14.2 Å². The molecule has 2 rings (SSSR count). The zero-order chi connectivity index (χ0) is 18.6. The summed E-state index contributed by atoms with van der Waals surface area (Å²) in [5.74, 6) is -1.46. The van der Waals surface area contributed by atoms with Crippen LogP contribution in [0.15, 0.2) is 35.5 Å². The van der Waals surface area contributed by atoms with Crippen molar-refractivity contribution in [3.63, 3.8) is 0 Å². The van der Waals surface area contributed by atoms with Gasteiger partial charge in [0.2, 0.25) is 0 Å². The highest BCUT2D eigenvalue weighted by atomic mass is 16.6. The zero-order valence-corrected chi connectivity index (χ0v) is 14.9. The highest BCUT2D eigenvalue weighted by molar-refractivity contribution is 5.91. The van der Waals surface area contributed by atoms with Crippen LogP contribution < -0.4 is 0 Å². The topological polar surface area (TPSA) is 78.9 Å². The van der Waals surface area contributed by atoms with E-state index in [4.69, 9.17) is 14.2 Å². The Balaban J connectivity index is 2.30. The molecule has 6 heteroatoms. The highest BCUT2D eigenvalue weighted by Gasteiger charge is 2.40. The molecular weight excluding hydrogens is 324 g/mol. The van der Waals surface area contributed by atoms with Gasteiger partial charge in [-0.1, -0.05) is 12.7 Å². The van der Waals surface area contributed by atoms with E-state index in [1.807, 2.05) is 19.1 Å². The third-order valence-electron chi connectivity index (χ3n) is 4.43. The number of rotatable bonds is 3. The van der Waals surface area contributed by atoms with Crippen molar-refractivity contribution in [2.75, 3.05) is 6.61 Å². The van der Waals surface area contributed by atoms with Gasteiger partial charge in [0.05, 0.1) is 0 Å². The maximum atomic E-state index is 12.0. The minimum absolute atomic E-state index is 0.169. The smallest absolute Gasteiger partial charge is 0.334 e. The van der Waals surface area contributed by atoms with Gasteiger partial charge in [0.25, 0.3) is 0 Å². The molecule has 0 amide bonds. The summed E-state index contributed by atoms with van der Waals surface area (Å²) in [7, 11) is 0. The molecular formula is C19H24O6. The summed E-state index contributed by atoms with van der Waals surface area (Å²) in [5, 5.41) is 0. The SMILES string of the molecule is C=C1C(=O)OC2C=C(COC(C)=O)CCC=C(C)C(OC(C)=O)CC12. The van der Waals surface area contributed by atoms with Gasteiger partial charge in [-0.3, -0.25) is 9.59 Å². The number of ether oxygens (including phenoxy) is 3. The van der Waals surface area contributed by atoms with Gasteiger partial charge in [0.1, 0.15) is 18.8 Å². The molecule has 0 aromatic heterocycles. The van der Waals surface area contributed by atoms with Crippen molar-refractivity contribution in [2.45, 2.75) is 52.2 Å². The lowest BCUT2D eigenvalue weighted by atomic mass is 9.86. The van der Waals surface area contributed by atoms with E-state index >= 15 is 0 Å². The van der Waals surface area contributed by atoms with Crippen LogP contribution in [0.3, 0.4) is 0 Å². The van der Waals surface area contributed by atoms with Crippen LogP contribution in [0.1, 0.15) is 40.0 Å². The molecule has 0 N–H and O–H groups in total. The number of hydrogen-bond donors (Lipinski definition) is 0. The first-order valence-electron chi connectivity index (χ1n) is 8.34. The monoisotopic (exact) mass is 348 g/mol. The Morgan fingerprint density at radius 3 is 2.68 bits per heavy atom. The summed E-state index contributed by atoms with van der Waals surface area (Å²) in [6.45, 7) is 8.63. The minimum Gasteiger partial charge on any atom is -0.461 e. The number of allylic oxidation sites excluding steroid dienone is 1. The fourth-order valence-electron chi connectivity index (χ4n) is 3.06. The molecule has 1 saturated heterocycles.